The number of ether oxygens (including phenoxy) is 1. The van der Waals surface area contributed by atoms with Crippen LogP contribution >= 0.6 is 23.4 Å². The Kier molecular flexibility index (Phi) is 7.12. The molecule has 1 saturated heterocycles. The number of nitrogens with one attached hydrogen (secondary N) is 1. The van der Waals surface area contributed by atoms with Gasteiger partial charge in [0.1, 0.15) is 11.8 Å². The Balaban J connectivity index is 1.50. The molecule has 2 aromatic rings. The van der Waals surface area contributed by atoms with Gasteiger partial charge in [0.05, 0.1) is 10.5 Å². The van der Waals surface area contributed by atoms with Gasteiger partial charge in [0.25, 0.3) is 17.1 Å². The normalized spacial score (nSPS) is 14.7. The third kappa shape index (κ3) is 5.20. The van der Waals surface area contributed by atoms with Crippen LogP contribution in [-0.4, -0.2) is 41.6 Å². The summed E-state index contributed by atoms with van der Waals surface area (Å²) in [4.78, 5) is 37.9. The number of para-hydroxylation sites is 1. The van der Waals surface area contributed by atoms with Crippen LogP contribution in [0.5, 0.6) is 5.75 Å². The molecule has 0 aliphatic carbocycles. The second kappa shape index (κ2) is 9.96. The number of nitrogens with zero attached hydrogens (tertiary/aromatic N) is 2. The number of imide groups is 1. The molecule has 0 radical (unpaired) electrons. The Hall–Kier alpha value is -3.28. The molecule has 1 aliphatic heterocycles. The minimum absolute atomic E-state index is 0.0328. The summed E-state index contributed by atoms with van der Waals surface area (Å²) in [6.07, 6.45) is 1.58. The van der Waals surface area contributed by atoms with Gasteiger partial charge in [-0.05, 0) is 41.6 Å². The molecule has 2 aromatic carbocycles. The lowest BCUT2D eigenvalue weighted by Gasteiger charge is -2.13. The first-order chi connectivity index (χ1) is 14.5. The largest absolute Gasteiger partial charge is 0.482 e. The third-order valence-electron chi connectivity index (χ3n) is 4.09. The molecule has 0 bridgehead atoms. The minimum Gasteiger partial charge on any atom is -0.482 e. The molecule has 1 N–H and O–H groups in total. The zero-order valence-electron chi connectivity index (χ0n) is 15.6. The summed E-state index contributed by atoms with van der Waals surface area (Å²) in [5, 5.41) is 11.7. The SMILES string of the molecule is N#Cc1ccccc1OCC(=O)NCCN1C(=O)SC(=Cc2ccccc2Cl)C1=O. The lowest BCUT2D eigenvalue weighted by molar-refractivity contribution is -0.125. The summed E-state index contributed by atoms with van der Waals surface area (Å²) in [5.74, 6) is -0.550. The summed E-state index contributed by atoms with van der Waals surface area (Å²) in [7, 11) is 0. The molecule has 1 fully saturated rings. The fourth-order valence-corrected chi connectivity index (χ4v) is 3.66. The van der Waals surface area contributed by atoms with E-state index in [4.69, 9.17) is 21.6 Å². The average Bonchev–Trinajstić information content (AvgIpc) is 3.01. The van der Waals surface area contributed by atoms with Gasteiger partial charge in [-0.15, -0.1) is 0 Å². The van der Waals surface area contributed by atoms with E-state index in [9.17, 15) is 14.4 Å². The van der Waals surface area contributed by atoms with Crippen LogP contribution in [0.15, 0.2) is 53.4 Å². The van der Waals surface area contributed by atoms with Crippen LogP contribution in [-0.2, 0) is 9.59 Å². The maximum Gasteiger partial charge on any atom is 0.293 e. The van der Waals surface area contributed by atoms with E-state index in [-0.39, 0.29) is 24.6 Å². The molecule has 0 unspecified atom stereocenters. The molecule has 1 heterocycles. The van der Waals surface area contributed by atoms with Gasteiger partial charge in [-0.25, -0.2) is 0 Å². The number of rotatable bonds is 7. The molecule has 0 spiro atoms. The van der Waals surface area contributed by atoms with Gasteiger partial charge in [0, 0.05) is 18.1 Å². The van der Waals surface area contributed by atoms with Crippen LogP contribution in [0, 0.1) is 11.3 Å². The van der Waals surface area contributed by atoms with E-state index >= 15 is 0 Å². The maximum atomic E-state index is 12.5. The van der Waals surface area contributed by atoms with Crippen molar-refractivity contribution in [3.05, 3.63) is 69.6 Å². The van der Waals surface area contributed by atoms with Crippen molar-refractivity contribution < 1.29 is 19.1 Å². The molecule has 0 saturated carbocycles. The molecular weight excluding hydrogens is 426 g/mol. The Bertz CT molecular complexity index is 1060. The van der Waals surface area contributed by atoms with Gasteiger partial charge in [-0.1, -0.05) is 41.9 Å². The highest BCUT2D eigenvalue weighted by Gasteiger charge is 2.34. The first-order valence-corrected chi connectivity index (χ1v) is 10.1. The van der Waals surface area contributed by atoms with Crippen molar-refractivity contribution in [1.29, 1.82) is 5.26 Å². The van der Waals surface area contributed by atoms with Crippen molar-refractivity contribution in [3.8, 4) is 11.8 Å². The average molecular weight is 442 g/mol. The van der Waals surface area contributed by atoms with E-state index in [0.29, 0.717) is 21.9 Å². The molecule has 0 atom stereocenters. The summed E-state index contributed by atoms with van der Waals surface area (Å²) in [5.41, 5.74) is 0.973. The number of hydrogen-bond donors (Lipinski definition) is 1. The van der Waals surface area contributed by atoms with Crippen LogP contribution in [0.3, 0.4) is 0 Å². The monoisotopic (exact) mass is 441 g/mol. The second-order valence-electron chi connectivity index (χ2n) is 6.10. The van der Waals surface area contributed by atoms with Crippen LogP contribution in [0.2, 0.25) is 5.02 Å². The lowest BCUT2D eigenvalue weighted by Crippen LogP contribution is -2.38. The Morgan fingerprint density at radius 2 is 1.93 bits per heavy atom. The Morgan fingerprint density at radius 3 is 2.70 bits per heavy atom. The van der Waals surface area contributed by atoms with E-state index in [1.165, 1.54) is 0 Å². The smallest absolute Gasteiger partial charge is 0.293 e. The number of hydrogen-bond acceptors (Lipinski definition) is 6. The first-order valence-electron chi connectivity index (χ1n) is 8.88. The predicted octanol–water partition coefficient (Wildman–Crippen LogP) is 3.44. The van der Waals surface area contributed by atoms with Crippen molar-refractivity contribution in [2.24, 2.45) is 0 Å². The van der Waals surface area contributed by atoms with Crippen LogP contribution in [0.1, 0.15) is 11.1 Å². The number of halogens is 1. The number of amides is 3. The molecule has 1 aliphatic rings. The lowest BCUT2D eigenvalue weighted by atomic mass is 10.2. The number of benzene rings is 2. The Morgan fingerprint density at radius 1 is 1.20 bits per heavy atom. The van der Waals surface area contributed by atoms with Crippen molar-refractivity contribution in [2.75, 3.05) is 19.7 Å². The topological polar surface area (TPSA) is 99.5 Å². The highest BCUT2D eigenvalue weighted by atomic mass is 35.5. The minimum atomic E-state index is -0.432. The third-order valence-corrected chi connectivity index (χ3v) is 5.34. The van der Waals surface area contributed by atoms with Crippen molar-refractivity contribution in [3.63, 3.8) is 0 Å². The van der Waals surface area contributed by atoms with Gasteiger partial charge < -0.3 is 10.1 Å². The van der Waals surface area contributed by atoms with E-state index < -0.39 is 17.1 Å². The molecule has 0 aromatic heterocycles. The quantitative estimate of drug-likeness (QED) is 0.660. The summed E-state index contributed by atoms with van der Waals surface area (Å²) < 4.78 is 5.34. The van der Waals surface area contributed by atoms with Gasteiger partial charge in [-0.2, -0.15) is 5.26 Å². The van der Waals surface area contributed by atoms with Crippen LogP contribution < -0.4 is 10.1 Å². The standard InChI is InChI=1S/C21H16ClN3O4S/c22-16-7-3-1-5-14(16)11-18-20(27)25(21(28)30-18)10-9-24-19(26)13-29-17-8-4-2-6-15(17)12-23/h1-8,11H,9-10,13H2,(H,24,26). The number of nitriles is 1. The predicted molar refractivity (Wildman–Crippen MR) is 114 cm³/mol. The molecule has 3 amide bonds. The maximum absolute atomic E-state index is 12.5. The van der Waals surface area contributed by atoms with E-state index in [1.807, 2.05) is 6.07 Å². The molecule has 30 heavy (non-hydrogen) atoms. The second-order valence-corrected chi connectivity index (χ2v) is 7.50. The van der Waals surface area contributed by atoms with E-state index in [1.54, 1.807) is 54.6 Å². The molecule has 9 heteroatoms. The fraction of sp³-hybridized carbons (Fsp3) is 0.143. The van der Waals surface area contributed by atoms with Gasteiger partial charge in [0.15, 0.2) is 6.61 Å². The van der Waals surface area contributed by atoms with Crippen LogP contribution in [0.25, 0.3) is 6.08 Å². The highest BCUT2D eigenvalue weighted by molar-refractivity contribution is 8.18. The van der Waals surface area contributed by atoms with E-state index in [2.05, 4.69) is 5.32 Å². The van der Waals surface area contributed by atoms with Crippen LogP contribution in [0.4, 0.5) is 4.79 Å². The van der Waals surface area contributed by atoms with Gasteiger partial charge in [0.2, 0.25) is 0 Å². The summed E-state index contributed by atoms with van der Waals surface area (Å²) >= 11 is 6.92. The molecule has 3 rings (SSSR count). The molecular formula is C21H16ClN3O4S. The highest BCUT2D eigenvalue weighted by Crippen LogP contribution is 2.33. The molecule has 7 nitrogen and oxygen atoms in total. The van der Waals surface area contributed by atoms with E-state index in [0.717, 1.165) is 16.7 Å². The molecule has 152 valence electrons. The fourth-order valence-electron chi connectivity index (χ4n) is 2.61. The zero-order valence-corrected chi connectivity index (χ0v) is 17.2. The van der Waals surface area contributed by atoms with Gasteiger partial charge in [-0.3, -0.25) is 19.3 Å². The number of carbonyl (C=O) groups is 3. The van der Waals surface area contributed by atoms with Gasteiger partial charge >= 0.3 is 0 Å². The van der Waals surface area contributed by atoms with Crippen molar-refractivity contribution in [1.82, 2.24) is 10.2 Å². The van der Waals surface area contributed by atoms with Crippen molar-refractivity contribution >= 4 is 46.5 Å². The number of thioether (sulfide) groups is 1. The summed E-state index contributed by atoms with van der Waals surface area (Å²) in [6.45, 7) is -0.169. The zero-order chi connectivity index (χ0) is 21.5. The Labute approximate surface area is 182 Å². The van der Waals surface area contributed by atoms with Crippen molar-refractivity contribution in [2.45, 2.75) is 0 Å². The number of carbonyl (C=O) groups excluding carboxylic acids is 3. The summed E-state index contributed by atoms with van der Waals surface area (Å²) in [6, 6.07) is 15.6. The first kappa shape index (κ1) is 21.4.